The Bertz CT molecular complexity index is 608. The van der Waals surface area contributed by atoms with Gasteiger partial charge in [0.25, 0.3) is 5.91 Å². The number of halogens is 1. The summed E-state index contributed by atoms with van der Waals surface area (Å²) in [5.74, 6) is -0.207. The van der Waals surface area contributed by atoms with Crippen LogP contribution in [0, 0.1) is 0 Å². The van der Waals surface area contributed by atoms with Gasteiger partial charge >= 0.3 is 5.97 Å². The Hall–Kier alpha value is -1.63. The normalized spacial score (nSPS) is 20.8. The predicted molar refractivity (Wildman–Crippen MR) is 97.1 cm³/mol. The Balaban J connectivity index is 1.72. The van der Waals surface area contributed by atoms with Crippen LogP contribution < -0.4 is 15.1 Å². The molecule has 1 aromatic carbocycles. The van der Waals surface area contributed by atoms with Gasteiger partial charge in [-0.25, -0.2) is 4.79 Å². The second-order valence-electron chi connectivity index (χ2n) is 7.47. The van der Waals surface area contributed by atoms with Crippen molar-refractivity contribution < 1.29 is 24.1 Å². The van der Waals surface area contributed by atoms with Crippen LogP contribution in [-0.4, -0.2) is 56.7 Å². The first kappa shape index (κ1) is 19.7. The van der Waals surface area contributed by atoms with Gasteiger partial charge in [0.1, 0.15) is 31.8 Å². The van der Waals surface area contributed by atoms with Crippen molar-refractivity contribution in [2.75, 3.05) is 44.6 Å². The van der Waals surface area contributed by atoms with Crippen molar-refractivity contribution in [2.45, 2.75) is 26.4 Å². The summed E-state index contributed by atoms with van der Waals surface area (Å²) in [7, 11) is 0. The summed E-state index contributed by atoms with van der Waals surface area (Å²) in [4.78, 5) is 26.5. The second-order valence-corrected chi connectivity index (χ2v) is 7.88. The van der Waals surface area contributed by atoms with Crippen LogP contribution in [0.1, 0.15) is 20.8 Å². The zero-order valence-corrected chi connectivity index (χ0v) is 15.9. The molecule has 0 aliphatic carbocycles. The molecule has 0 saturated carbocycles. The van der Waals surface area contributed by atoms with E-state index < -0.39 is 5.60 Å². The quantitative estimate of drug-likeness (QED) is 0.608. The van der Waals surface area contributed by atoms with Crippen molar-refractivity contribution >= 4 is 29.2 Å². The number of anilines is 1. The number of hydrogen-bond donors (Lipinski definition) is 3. The van der Waals surface area contributed by atoms with Gasteiger partial charge in [-0.1, -0.05) is 23.7 Å². The maximum absolute atomic E-state index is 12.2. The molecule has 1 saturated heterocycles. The molecule has 25 heavy (non-hydrogen) atoms. The number of carbonyl (C=O) groups is 2. The van der Waals surface area contributed by atoms with Gasteiger partial charge in [0.2, 0.25) is 0 Å². The van der Waals surface area contributed by atoms with Gasteiger partial charge in [-0.3, -0.25) is 4.79 Å². The number of ether oxygens (including phenoxy) is 1. The van der Waals surface area contributed by atoms with Crippen molar-refractivity contribution in [1.82, 2.24) is 0 Å². The zero-order valence-electron chi connectivity index (χ0n) is 15.2. The van der Waals surface area contributed by atoms with E-state index in [4.69, 9.17) is 16.3 Å². The fraction of sp³-hybridized carbons (Fsp3) is 0.556. The first-order valence-electron chi connectivity index (χ1n) is 8.66. The molecule has 138 valence electrons. The number of rotatable bonds is 5. The van der Waals surface area contributed by atoms with E-state index in [1.54, 1.807) is 12.1 Å². The highest BCUT2D eigenvalue weighted by Crippen LogP contribution is 2.19. The third-order valence-electron chi connectivity index (χ3n) is 4.04. The van der Waals surface area contributed by atoms with Crippen molar-refractivity contribution in [1.29, 1.82) is 0 Å². The molecule has 3 N–H and O–H groups in total. The van der Waals surface area contributed by atoms with Gasteiger partial charge in [-0.15, -0.1) is 0 Å². The number of esters is 1. The lowest BCUT2D eigenvalue weighted by molar-refractivity contribution is -1.00. The molecule has 1 aliphatic rings. The number of amides is 1. The average molecular weight is 370 g/mol. The van der Waals surface area contributed by atoms with E-state index in [2.05, 4.69) is 5.32 Å². The number of hydrogen-bond acceptors (Lipinski definition) is 3. The van der Waals surface area contributed by atoms with E-state index in [1.165, 1.54) is 9.80 Å². The average Bonchev–Trinajstić information content (AvgIpc) is 2.49. The monoisotopic (exact) mass is 369 g/mol. The van der Waals surface area contributed by atoms with Crippen molar-refractivity contribution in [3.05, 3.63) is 29.3 Å². The molecular formula is C18H28ClN3O3+2. The number of piperazine rings is 1. The standard InChI is InChI=1S/C18H26ClN3O3/c1-18(2,3)25-17(24)13-22-10-8-21(9-11-22)12-16(23)20-15-7-5-4-6-14(15)19/h4-7H,8-13H2,1-3H3,(H,20,23)/p+2. The molecule has 0 atom stereocenters. The van der Waals surface area contributed by atoms with Crippen LogP contribution in [0.3, 0.4) is 0 Å². The first-order valence-corrected chi connectivity index (χ1v) is 9.04. The molecular weight excluding hydrogens is 342 g/mol. The fourth-order valence-corrected chi connectivity index (χ4v) is 3.06. The molecule has 0 aromatic heterocycles. The molecule has 7 heteroatoms. The topological polar surface area (TPSA) is 64.3 Å². The highest BCUT2D eigenvalue weighted by Gasteiger charge is 2.28. The van der Waals surface area contributed by atoms with E-state index in [9.17, 15) is 9.59 Å². The van der Waals surface area contributed by atoms with E-state index in [0.717, 1.165) is 26.2 Å². The smallest absolute Gasteiger partial charge is 0.362 e. The summed E-state index contributed by atoms with van der Waals surface area (Å²) in [6.45, 7) is 9.84. The molecule has 1 aromatic rings. The minimum absolute atomic E-state index is 0.0429. The number of benzene rings is 1. The predicted octanol–water partition coefficient (Wildman–Crippen LogP) is -0.596. The Labute approximate surface area is 154 Å². The molecule has 0 radical (unpaired) electrons. The molecule has 1 amide bonds. The van der Waals surface area contributed by atoms with Crippen LogP contribution in [0.15, 0.2) is 24.3 Å². The summed E-state index contributed by atoms with van der Waals surface area (Å²) in [5, 5.41) is 3.39. The molecule has 0 unspecified atom stereocenters. The fourth-order valence-electron chi connectivity index (χ4n) is 2.88. The first-order chi connectivity index (χ1) is 11.7. The molecule has 0 bridgehead atoms. The van der Waals surface area contributed by atoms with Crippen LogP contribution in [0.2, 0.25) is 5.02 Å². The number of para-hydroxylation sites is 1. The summed E-state index contributed by atoms with van der Waals surface area (Å²) in [6.07, 6.45) is 0. The largest absolute Gasteiger partial charge is 0.456 e. The lowest BCUT2D eigenvalue weighted by Crippen LogP contribution is -3.28. The van der Waals surface area contributed by atoms with Crippen molar-refractivity contribution in [3.63, 3.8) is 0 Å². The summed E-state index contributed by atoms with van der Waals surface area (Å²) < 4.78 is 5.37. The van der Waals surface area contributed by atoms with Gasteiger partial charge in [-0.2, -0.15) is 0 Å². The molecule has 1 aliphatic heterocycles. The van der Waals surface area contributed by atoms with Crippen LogP contribution in [0.4, 0.5) is 5.69 Å². The van der Waals surface area contributed by atoms with Crippen molar-refractivity contribution in [2.24, 2.45) is 0 Å². The minimum Gasteiger partial charge on any atom is -0.456 e. The van der Waals surface area contributed by atoms with E-state index in [0.29, 0.717) is 23.8 Å². The molecule has 1 fully saturated rings. The molecule has 0 spiro atoms. The maximum atomic E-state index is 12.2. The SMILES string of the molecule is CC(C)(C)OC(=O)C[NH+]1CC[NH+](CC(=O)Nc2ccccc2Cl)CC1. The van der Waals surface area contributed by atoms with Gasteiger partial charge in [0, 0.05) is 0 Å². The Morgan fingerprint density at radius 1 is 1.08 bits per heavy atom. The Kier molecular flexibility index (Phi) is 6.81. The summed E-state index contributed by atoms with van der Waals surface area (Å²) in [5.41, 5.74) is 0.197. The summed E-state index contributed by atoms with van der Waals surface area (Å²) in [6, 6.07) is 7.21. The maximum Gasteiger partial charge on any atom is 0.362 e. The van der Waals surface area contributed by atoms with Crippen molar-refractivity contribution in [3.8, 4) is 0 Å². The van der Waals surface area contributed by atoms with Crippen LogP contribution in [-0.2, 0) is 14.3 Å². The lowest BCUT2D eigenvalue weighted by Gasteiger charge is -2.29. The van der Waals surface area contributed by atoms with Gasteiger partial charge < -0.3 is 19.9 Å². The van der Waals surface area contributed by atoms with E-state index >= 15 is 0 Å². The Morgan fingerprint density at radius 3 is 2.20 bits per heavy atom. The number of quaternary nitrogens is 2. The summed E-state index contributed by atoms with van der Waals surface area (Å²) >= 11 is 6.06. The molecule has 6 nitrogen and oxygen atoms in total. The minimum atomic E-state index is -0.444. The Morgan fingerprint density at radius 2 is 1.64 bits per heavy atom. The van der Waals surface area contributed by atoms with E-state index in [-0.39, 0.29) is 11.9 Å². The zero-order chi connectivity index (χ0) is 18.4. The number of carbonyl (C=O) groups excluding carboxylic acids is 2. The number of nitrogens with one attached hydrogen (secondary N) is 3. The van der Waals surface area contributed by atoms with Crippen LogP contribution >= 0.6 is 11.6 Å². The molecule has 1 heterocycles. The van der Waals surface area contributed by atoms with E-state index in [1.807, 2.05) is 32.9 Å². The van der Waals surface area contributed by atoms with Gasteiger partial charge in [-0.05, 0) is 32.9 Å². The third kappa shape index (κ3) is 7.02. The van der Waals surface area contributed by atoms with Gasteiger partial charge in [0.05, 0.1) is 10.7 Å². The van der Waals surface area contributed by atoms with Crippen LogP contribution in [0.25, 0.3) is 0 Å². The second kappa shape index (κ2) is 8.65. The highest BCUT2D eigenvalue weighted by molar-refractivity contribution is 6.33. The third-order valence-corrected chi connectivity index (χ3v) is 4.37. The van der Waals surface area contributed by atoms with Gasteiger partial charge in [0.15, 0.2) is 13.1 Å². The lowest BCUT2D eigenvalue weighted by atomic mass is 10.2. The highest BCUT2D eigenvalue weighted by atomic mass is 35.5. The van der Waals surface area contributed by atoms with Crippen LogP contribution in [0.5, 0.6) is 0 Å². The molecule has 2 rings (SSSR count).